The predicted molar refractivity (Wildman–Crippen MR) is 109 cm³/mol. The Morgan fingerprint density at radius 3 is 2.63 bits per heavy atom. The Morgan fingerprint density at radius 2 is 1.93 bits per heavy atom. The van der Waals surface area contributed by atoms with Crippen molar-refractivity contribution in [2.45, 2.75) is 48.8 Å². The van der Waals surface area contributed by atoms with Crippen LogP contribution in [0.25, 0.3) is 10.9 Å². The number of sulfone groups is 1. The molecule has 1 aromatic carbocycles. The minimum atomic E-state index is -3.43. The van der Waals surface area contributed by atoms with Crippen LogP contribution in [0.2, 0.25) is 0 Å². The van der Waals surface area contributed by atoms with E-state index in [4.69, 9.17) is 0 Å². The van der Waals surface area contributed by atoms with Crippen LogP contribution < -0.4 is 0 Å². The second-order valence-electron chi connectivity index (χ2n) is 7.93. The van der Waals surface area contributed by atoms with Crippen LogP contribution in [-0.2, 0) is 15.4 Å². The van der Waals surface area contributed by atoms with E-state index in [1.807, 2.05) is 24.3 Å². The normalized spacial score (nSPS) is 21.2. The average Bonchev–Trinajstić information content (AvgIpc) is 3.23. The number of pyridine rings is 1. The number of likely N-dealkylation sites (tertiary alicyclic amines) is 1. The summed E-state index contributed by atoms with van der Waals surface area (Å²) < 4.78 is 26.0. The lowest BCUT2D eigenvalue weighted by molar-refractivity contribution is 0.157. The molecule has 4 rings (SSSR count). The first-order valence-corrected chi connectivity index (χ1v) is 11.2. The molecule has 0 radical (unpaired) electrons. The van der Waals surface area contributed by atoms with Gasteiger partial charge >= 0.3 is 0 Å². The van der Waals surface area contributed by atoms with Crippen molar-refractivity contribution in [1.29, 1.82) is 0 Å². The van der Waals surface area contributed by atoms with Crippen LogP contribution in [0.4, 0.5) is 0 Å². The molecule has 0 N–H and O–H groups in total. The third-order valence-electron chi connectivity index (χ3n) is 5.91. The molecule has 2 heterocycles. The molecule has 0 spiro atoms. The lowest BCUT2D eigenvalue weighted by Crippen LogP contribution is -2.39. The lowest BCUT2D eigenvalue weighted by atomic mass is 9.90. The zero-order valence-corrected chi connectivity index (χ0v) is 16.7. The monoisotopic (exact) mass is 382 g/mol. The summed E-state index contributed by atoms with van der Waals surface area (Å²) in [6.45, 7) is 6.66. The summed E-state index contributed by atoms with van der Waals surface area (Å²) >= 11 is 0. The molecule has 1 aromatic heterocycles. The van der Waals surface area contributed by atoms with Crippen molar-refractivity contribution < 1.29 is 8.42 Å². The number of benzene rings is 1. The third kappa shape index (κ3) is 3.23. The van der Waals surface area contributed by atoms with Gasteiger partial charge in [-0.1, -0.05) is 42.5 Å². The van der Waals surface area contributed by atoms with E-state index in [0.717, 1.165) is 29.6 Å². The maximum atomic E-state index is 13.0. The maximum absolute atomic E-state index is 13.0. The van der Waals surface area contributed by atoms with E-state index >= 15 is 0 Å². The fourth-order valence-electron chi connectivity index (χ4n) is 4.20. The molecule has 5 heteroatoms. The number of para-hydroxylation sites is 1. The zero-order chi connectivity index (χ0) is 19.1. The SMILES string of the molecule is CC(C)(c1cccc2cc(S(=O)(=O)C3C=CC=CC3)cnc12)N1CCCC1. The summed E-state index contributed by atoms with van der Waals surface area (Å²) in [5.74, 6) is 0. The first-order chi connectivity index (χ1) is 12.9. The summed E-state index contributed by atoms with van der Waals surface area (Å²) in [6.07, 6.45) is 11.8. The van der Waals surface area contributed by atoms with Gasteiger partial charge in [0.2, 0.25) is 0 Å². The Hall–Kier alpha value is -1.98. The Kier molecular flexibility index (Phi) is 4.68. The maximum Gasteiger partial charge on any atom is 0.186 e. The summed E-state index contributed by atoms with van der Waals surface area (Å²) in [5.41, 5.74) is 1.93. The quantitative estimate of drug-likeness (QED) is 0.794. The zero-order valence-electron chi connectivity index (χ0n) is 15.9. The molecule has 1 aliphatic carbocycles. The van der Waals surface area contributed by atoms with Gasteiger partial charge in [-0.25, -0.2) is 8.42 Å². The van der Waals surface area contributed by atoms with E-state index in [-0.39, 0.29) is 5.54 Å². The van der Waals surface area contributed by atoms with Gasteiger partial charge in [-0.15, -0.1) is 0 Å². The van der Waals surface area contributed by atoms with Gasteiger partial charge in [0.15, 0.2) is 9.84 Å². The highest BCUT2D eigenvalue weighted by molar-refractivity contribution is 7.92. The standard InChI is InChI=1S/C22H26N2O2S/c1-22(2,24-13-6-7-14-24)20-12-8-9-17-15-19(16-23-21(17)20)27(25,26)18-10-4-3-5-11-18/h3-5,8-10,12,15-16,18H,6-7,11,13-14H2,1-2H3. The fraction of sp³-hybridized carbons (Fsp3) is 0.409. The molecule has 1 unspecified atom stereocenters. The molecule has 27 heavy (non-hydrogen) atoms. The molecule has 142 valence electrons. The van der Waals surface area contributed by atoms with Crippen molar-refractivity contribution in [2.75, 3.05) is 13.1 Å². The summed E-state index contributed by atoms with van der Waals surface area (Å²) in [6, 6.07) is 7.88. The first kappa shape index (κ1) is 18.4. The predicted octanol–water partition coefficient (Wildman–Crippen LogP) is 4.22. The number of fused-ring (bicyclic) bond motifs is 1. The Labute approximate surface area is 161 Å². The van der Waals surface area contributed by atoms with E-state index in [1.165, 1.54) is 19.0 Å². The minimum absolute atomic E-state index is 0.125. The van der Waals surface area contributed by atoms with Gasteiger partial charge in [0.1, 0.15) is 0 Å². The van der Waals surface area contributed by atoms with Crippen LogP contribution in [0, 0.1) is 0 Å². The Bertz CT molecular complexity index is 1020. The van der Waals surface area contributed by atoms with Gasteiger partial charge in [-0.3, -0.25) is 9.88 Å². The molecule has 1 atom stereocenters. The number of nitrogens with zero attached hydrogens (tertiary/aromatic N) is 2. The molecule has 4 nitrogen and oxygen atoms in total. The topological polar surface area (TPSA) is 50.3 Å². The van der Waals surface area contributed by atoms with Crippen LogP contribution in [0.1, 0.15) is 38.7 Å². The summed E-state index contributed by atoms with van der Waals surface area (Å²) in [7, 11) is -3.43. The first-order valence-electron chi connectivity index (χ1n) is 9.62. The van der Waals surface area contributed by atoms with Crippen molar-refractivity contribution in [3.05, 3.63) is 60.3 Å². The highest BCUT2D eigenvalue weighted by Gasteiger charge is 2.33. The largest absolute Gasteiger partial charge is 0.294 e. The van der Waals surface area contributed by atoms with Gasteiger partial charge in [0.25, 0.3) is 0 Å². The van der Waals surface area contributed by atoms with Gasteiger partial charge in [0.05, 0.1) is 15.7 Å². The molecule has 0 bridgehead atoms. The highest BCUT2D eigenvalue weighted by atomic mass is 32.2. The van der Waals surface area contributed by atoms with Crippen molar-refractivity contribution in [3.8, 4) is 0 Å². The van der Waals surface area contributed by atoms with Crippen molar-refractivity contribution in [2.24, 2.45) is 0 Å². The number of allylic oxidation sites excluding steroid dienone is 3. The molecule has 1 fully saturated rings. The number of aromatic nitrogens is 1. The number of hydrogen-bond donors (Lipinski definition) is 0. The minimum Gasteiger partial charge on any atom is -0.294 e. The Morgan fingerprint density at radius 1 is 1.15 bits per heavy atom. The van der Waals surface area contributed by atoms with E-state index < -0.39 is 15.1 Å². The molecule has 0 saturated carbocycles. The van der Waals surface area contributed by atoms with Gasteiger partial charge in [-0.05, 0) is 57.8 Å². The van der Waals surface area contributed by atoms with E-state index in [2.05, 4.69) is 29.8 Å². The van der Waals surface area contributed by atoms with Crippen LogP contribution in [-0.4, -0.2) is 36.6 Å². The molecule has 1 aliphatic heterocycles. The Balaban J connectivity index is 1.76. The average molecular weight is 383 g/mol. The van der Waals surface area contributed by atoms with E-state index in [9.17, 15) is 8.42 Å². The second-order valence-corrected chi connectivity index (χ2v) is 10.1. The molecule has 2 aromatic rings. The molecular weight excluding hydrogens is 356 g/mol. The smallest absolute Gasteiger partial charge is 0.186 e. The molecule has 2 aliphatic rings. The third-order valence-corrected chi connectivity index (χ3v) is 7.94. The molecule has 1 saturated heterocycles. The van der Waals surface area contributed by atoms with E-state index in [0.29, 0.717) is 11.3 Å². The fourth-order valence-corrected chi connectivity index (χ4v) is 5.70. The van der Waals surface area contributed by atoms with Crippen LogP contribution in [0.15, 0.2) is 59.7 Å². The highest BCUT2D eigenvalue weighted by Crippen LogP contribution is 2.35. The van der Waals surface area contributed by atoms with Gasteiger partial charge < -0.3 is 0 Å². The van der Waals surface area contributed by atoms with Crippen LogP contribution in [0.3, 0.4) is 0 Å². The van der Waals surface area contributed by atoms with Gasteiger partial charge in [0, 0.05) is 17.1 Å². The summed E-state index contributed by atoms with van der Waals surface area (Å²) in [5, 5.41) is 0.377. The van der Waals surface area contributed by atoms with Crippen LogP contribution >= 0.6 is 0 Å². The summed E-state index contributed by atoms with van der Waals surface area (Å²) in [4.78, 5) is 7.43. The lowest BCUT2D eigenvalue weighted by Gasteiger charge is -2.36. The van der Waals surface area contributed by atoms with Crippen LogP contribution in [0.5, 0.6) is 0 Å². The van der Waals surface area contributed by atoms with Gasteiger partial charge in [-0.2, -0.15) is 0 Å². The molecule has 0 amide bonds. The van der Waals surface area contributed by atoms with Crippen molar-refractivity contribution >= 4 is 20.7 Å². The molecular formula is C22H26N2O2S. The van der Waals surface area contributed by atoms with Crippen molar-refractivity contribution in [1.82, 2.24) is 9.88 Å². The van der Waals surface area contributed by atoms with E-state index in [1.54, 1.807) is 18.2 Å². The number of hydrogen-bond acceptors (Lipinski definition) is 4. The second kappa shape index (κ2) is 6.88. The number of rotatable bonds is 4. The van der Waals surface area contributed by atoms with Crippen molar-refractivity contribution in [3.63, 3.8) is 0 Å².